The Morgan fingerprint density at radius 1 is 1.28 bits per heavy atom. The fraction of sp³-hybridized carbons (Fsp3) is 0.533. The molecular formula is C15H20N2O. The van der Waals surface area contributed by atoms with E-state index in [1.54, 1.807) is 0 Å². The Kier molecular flexibility index (Phi) is 2.86. The van der Waals surface area contributed by atoms with Crippen molar-refractivity contribution in [3.05, 3.63) is 29.5 Å². The number of benzene rings is 1. The topological polar surface area (TPSA) is 52.0 Å². The van der Waals surface area contributed by atoms with Gasteiger partial charge in [0.05, 0.1) is 5.69 Å². The summed E-state index contributed by atoms with van der Waals surface area (Å²) in [6.45, 7) is 2.74. The SMILES string of the molecule is Cc1noc2cccc(C3(CN)CCCCC3)c12. The predicted octanol–water partition coefficient (Wildman–Crippen LogP) is 3.30. The lowest BCUT2D eigenvalue weighted by molar-refractivity contribution is 0.303. The number of hydrogen-bond donors (Lipinski definition) is 1. The molecule has 0 amide bonds. The molecule has 1 aromatic carbocycles. The Morgan fingerprint density at radius 3 is 2.78 bits per heavy atom. The van der Waals surface area contributed by atoms with Crippen molar-refractivity contribution in [2.45, 2.75) is 44.4 Å². The first-order chi connectivity index (χ1) is 8.77. The molecule has 3 heteroatoms. The minimum absolute atomic E-state index is 0.133. The zero-order valence-electron chi connectivity index (χ0n) is 10.9. The predicted molar refractivity (Wildman–Crippen MR) is 72.6 cm³/mol. The Morgan fingerprint density at radius 2 is 2.06 bits per heavy atom. The van der Waals surface area contributed by atoms with E-state index in [0.29, 0.717) is 0 Å². The van der Waals surface area contributed by atoms with Crippen LogP contribution in [0.1, 0.15) is 43.4 Å². The smallest absolute Gasteiger partial charge is 0.167 e. The van der Waals surface area contributed by atoms with Crippen LogP contribution < -0.4 is 5.73 Å². The van der Waals surface area contributed by atoms with Crippen molar-refractivity contribution in [3.63, 3.8) is 0 Å². The van der Waals surface area contributed by atoms with Gasteiger partial charge < -0.3 is 10.3 Å². The minimum atomic E-state index is 0.133. The number of nitrogens with two attached hydrogens (primary N) is 1. The summed E-state index contributed by atoms with van der Waals surface area (Å²) < 4.78 is 5.38. The van der Waals surface area contributed by atoms with Crippen molar-refractivity contribution in [1.29, 1.82) is 0 Å². The number of aromatic nitrogens is 1. The first-order valence-electron chi connectivity index (χ1n) is 6.82. The van der Waals surface area contributed by atoms with Crippen LogP contribution >= 0.6 is 0 Å². The molecule has 0 saturated heterocycles. The standard InChI is InChI=1S/C15H20N2O/c1-11-14-12(6-5-7-13(14)18-17-11)15(10-16)8-3-2-4-9-15/h5-7H,2-4,8-10,16H2,1H3. The van der Waals surface area contributed by atoms with Gasteiger partial charge in [0.1, 0.15) is 0 Å². The molecule has 1 heterocycles. The molecule has 18 heavy (non-hydrogen) atoms. The van der Waals surface area contributed by atoms with Crippen LogP contribution in [-0.4, -0.2) is 11.7 Å². The highest BCUT2D eigenvalue weighted by Crippen LogP contribution is 2.42. The van der Waals surface area contributed by atoms with E-state index in [-0.39, 0.29) is 5.41 Å². The van der Waals surface area contributed by atoms with Gasteiger partial charge >= 0.3 is 0 Å². The summed E-state index contributed by atoms with van der Waals surface area (Å²) in [7, 11) is 0. The molecule has 0 atom stereocenters. The van der Waals surface area contributed by atoms with Gasteiger partial charge in [-0.25, -0.2) is 0 Å². The third kappa shape index (κ3) is 1.65. The van der Waals surface area contributed by atoms with E-state index in [1.807, 2.05) is 13.0 Å². The van der Waals surface area contributed by atoms with Crippen molar-refractivity contribution in [1.82, 2.24) is 5.16 Å². The largest absolute Gasteiger partial charge is 0.356 e. The third-order valence-electron chi connectivity index (χ3n) is 4.44. The van der Waals surface area contributed by atoms with Gasteiger partial charge in [0.2, 0.25) is 0 Å². The summed E-state index contributed by atoms with van der Waals surface area (Å²) in [4.78, 5) is 0. The zero-order chi connectivity index (χ0) is 12.6. The van der Waals surface area contributed by atoms with Crippen molar-refractivity contribution in [2.75, 3.05) is 6.54 Å². The van der Waals surface area contributed by atoms with Crippen LogP contribution in [0.15, 0.2) is 22.7 Å². The maximum atomic E-state index is 6.13. The van der Waals surface area contributed by atoms with Crippen molar-refractivity contribution >= 4 is 11.0 Å². The fourth-order valence-corrected chi connectivity index (χ4v) is 3.40. The highest BCUT2D eigenvalue weighted by atomic mass is 16.5. The Balaban J connectivity index is 2.20. The van der Waals surface area contributed by atoms with E-state index in [0.717, 1.165) is 17.8 Å². The molecule has 3 rings (SSSR count). The molecule has 0 bridgehead atoms. The van der Waals surface area contributed by atoms with Crippen LogP contribution in [0.25, 0.3) is 11.0 Å². The van der Waals surface area contributed by atoms with E-state index in [1.165, 1.54) is 43.1 Å². The molecule has 0 radical (unpaired) electrons. The van der Waals surface area contributed by atoms with E-state index in [2.05, 4.69) is 17.3 Å². The van der Waals surface area contributed by atoms with Crippen LogP contribution in [0.4, 0.5) is 0 Å². The summed E-state index contributed by atoms with van der Waals surface area (Å²) in [6.07, 6.45) is 6.26. The molecule has 1 saturated carbocycles. The zero-order valence-corrected chi connectivity index (χ0v) is 10.9. The molecule has 0 aliphatic heterocycles. The lowest BCUT2D eigenvalue weighted by Crippen LogP contribution is -2.37. The molecular weight excluding hydrogens is 224 g/mol. The molecule has 0 spiro atoms. The maximum absolute atomic E-state index is 6.13. The van der Waals surface area contributed by atoms with Gasteiger partial charge in [-0.2, -0.15) is 0 Å². The van der Waals surface area contributed by atoms with Crippen LogP contribution in [0, 0.1) is 6.92 Å². The Bertz CT molecular complexity index is 553. The van der Waals surface area contributed by atoms with Gasteiger partial charge in [0, 0.05) is 17.3 Å². The molecule has 96 valence electrons. The molecule has 0 unspecified atom stereocenters. The van der Waals surface area contributed by atoms with E-state index < -0.39 is 0 Å². The lowest BCUT2D eigenvalue weighted by Gasteiger charge is -2.37. The first kappa shape index (κ1) is 11.7. The number of hydrogen-bond acceptors (Lipinski definition) is 3. The fourth-order valence-electron chi connectivity index (χ4n) is 3.40. The normalized spacial score (nSPS) is 19.2. The van der Waals surface area contributed by atoms with Gasteiger partial charge in [-0.1, -0.05) is 36.6 Å². The summed E-state index contributed by atoms with van der Waals surface area (Å²) in [5.74, 6) is 0. The summed E-state index contributed by atoms with van der Waals surface area (Å²) >= 11 is 0. The van der Waals surface area contributed by atoms with Gasteiger partial charge in [-0.15, -0.1) is 0 Å². The van der Waals surface area contributed by atoms with E-state index in [9.17, 15) is 0 Å². The summed E-state index contributed by atoms with van der Waals surface area (Å²) in [5.41, 5.74) is 9.49. The molecule has 3 nitrogen and oxygen atoms in total. The highest BCUT2D eigenvalue weighted by Gasteiger charge is 2.34. The van der Waals surface area contributed by atoms with Crippen LogP contribution in [0.2, 0.25) is 0 Å². The second kappa shape index (κ2) is 4.39. The van der Waals surface area contributed by atoms with Crippen LogP contribution in [-0.2, 0) is 5.41 Å². The van der Waals surface area contributed by atoms with E-state index >= 15 is 0 Å². The van der Waals surface area contributed by atoms with Crippen molar-refractivity contribution < 1.29 is 4.52 Å². The van der Waals surface area contributed by atoms with Gasteiger partial charge in [0.15, 0.2) is 5.58 Å². The monoisotopic (exact) mass is 244 g/mol. The van der Waals surface area contributed by atoms with Crippen LogP contribution in [0.3, 0.4) is 0 Å². The minimum Gasteiger partial charge on any atom is -0.356 e. The summed E-state index contributed by atoms with van der Waals surface area (Å²) in [6, 6.07) is 6.27. The number of rotatable bonds is 2. The van der Waals surface area contributed by atoms with Crippen LogP contribution in [0.5, 0.6) is 0 Å². The van der Waals surface area contributed by atoms with Crippen molar-refractivity contribution in [3.8, 4) is 0 Å². The second-order valence-electron chi connectivity index (χ2n) is 5.49. The van der Waals surface area contributed by atoms with Gasteiger partial charge in [0.25, 0.3) is 0 Å². The third-order valence-corrected chi connectivity index (χ3v) is 4.44. The van der Waals surface area contributed by atoms with Gasteiger partial charge in [-0.05, 0) is 31.4 Å². The average molecular weight is 244 g/mol. The maximum Gasteiger partial charge on any atom is 0.167 e. The average Bonchev–Trinajstić information content (AvgIpc) is 2.81. The number of nitrogens with zero attached hydrogens (tertiary/aromatic N) is 1. The summed E-state index contributed by atoms with van der Waals surface area (Å²) in [5, 5.41) is 5.29. The van der Waals surface area contributed by atoms with E-state index in [4.69, 9.17) is 10.3 Å². The lowest BCUT2D eigenvalue weighted by atomic mass is 9.68. The quantitative estimate of drug-likeness (QED) is 0.881. The molecule has 2 aromatic rings. The molecule has 1 aromatic heterocycles. The molecule has 1 aliphatic carbocycles. The van der Waals surface area contributed by atoms with Crippen molar-refractivity contribution in [2.24, 2.45) is 5.73 Å². The second-order valence-corrected chi connectivity index (χ2v) is 5.49. The molecule has 1 fully saturated rings. The van der Waals surface area contributed by atoms with Gasteiger partial charge in [-0.3, -0.25) is 0 Å². The Labute approximate surface area is 107 Å². The molecule has 1 aliphatic rings. The Hall–Kier alpha value is -1.35. The number of aryl methyl sites for hydroxylation is 1. The first-order valence-corrected chi connectivity index (χ1v) is 6.82. The number of fused-ring (bicyclic) bond motifs is 1. The molecule has 2 N–H and O–H groups in total. The highest BCUT2D eigenvalue weighted by molar-refractivity contribution is 5.84.